The number of H-pyrrole nitrogens is 1. The number of likely N-dealkylation sites (tertiary alicyclic amines) is 1. The molecule has 1 fully saturated rings. The molecular formula is C12H14N4OS. The maximum absolute atomic E-state index is 12.4. The SMILES string of the molecule is Nc1cc(C(=O)N2CCCC2c2cccs2)[nH]n1. The predicted octanol–water partition coefficient (Wildman–Crippen LogP) is 2.03. The van der Waals surface area contributed by atoms with Crippen LogP contribution in [-0.4, -0.2) is 27.5 Å². The molecule has 1 saturated heterocycles. The van der Waals surface area contributed by atoms with Gasteiger partial charge in [0.15, 0.2) is 0 Å². The van der Waals surface area contributed by atoms with Gasteiger partial charge in [-0.3, -0.25) is 9.89 Å². The van der Waals surface area contributed by atoms with Crippen LogP contribution in [-0.2, 0) is 0 Å². The first-order chi connectivity index (χ1) is 8.75. The third kappa shape index (κ3) is 1.88. The summed E-state index contributed by atoms with van der Waals surface area (Å²) in [7, 11) is 0. The predicted molar refractivity (Wildman–Crippen MR) is 70.3 cm³/mol. The van der Waals surface area contributed by atoms with Crippen LogP contribution < -0.4 is 5.73 Å². The Morgan fingerprint density at radius 1 is 1.61 bits per heavy atom. The van der Waals surface area contributed by atoms with Gasteiger partial charge in [0.05, 0.1) is 6.04 Å². The van der Waals surface area contributed by atoms with E-state index in [1.54, 1.807) is 17.4 Å². The van der Waals surface area contributed by atoms with Crippen LogP contribution in [0, 0.1) is 0 Å². The standard InChI is InChI=1S/C12H14N4OS/c13-11-7-8(14-15-11)12(17)16-5-1-3-9(16)10-4-2-6-18-10/h2,4,6-7,9H,1,3,5H2,(H3,13,14,15). The van der Waals surface area contributed by atoms with E-state index in [2.05, 4.69) is 16.3 Å². The van der Waals surface area contributed by atoms with Gasteiger partial charge in [-0.2, -0.15) is 5.10 Å². The lowest BCUT2D eigenvalue weighted by Crippen LogP contribution is -2.30. The number of nitrogen functional groups attached to an aromatic ring is 1. The van der Waals surface area contributed by atoms with Gasteiger partial charge in [-0.05, 0) is 24.3 Å². The zero-order valence-electron chi connectivity index (χ0n) is 9.80. The molecule has 6 heteroatoms. The Labute approximate surface area is 109 Å². The van der Waals surface area contributed by atoms with Gasteiger partial charge in [0.1, 0.15) is 11.5 Å². The molecule has 1 aliphatic rings. The summed E-state index contributed by atoms with van der Waals surface area (Å²) in [6.45, 7) is 0.792. The topological polar surface area (TPSA) is 75.0 Å². The van der Waals surface area contributed by atoms with Crippen molar-refractivity contribution in [1.29, 1.82) is 0 Å². The second kappa shape index (κ2) is 4.45. The Balaban J connectivity index is 1.85. The number of hydrogen-bond acceptors (Lipinski definition) is 4. The van der Waals surface area contributed by atoms with Crippen molar-refractivity contribution < 1.29 is 4.79 Å². The van der Waals surface area contributed by atoms with Crippen molar-refractivity contribution in [3.05, 3.63) is 34.2 Å². The number of aromatic nitrogens is 2. The van der Waals surface area contributed by atoms with Gasteiger partial charge in [0, 0.05) is 17.5 Å². The zero-order chi connectivity index (χ0) is 12.5. The number of anilines is 1. The van der Waals surface area contributed by atoms with Gasteiger partial charge >= 0.3 is 0 Å². The van der Waals surface area contributed by atoms with Crippen molar-refractivity contribution in [2.24, 2.45) is 0 Å². The van der Waals surface area contributed by atoms with Crippen LogP contribution in [0.15, 0.2) is 23.6 Å². The first-order valence-corrected chi connectivity index (χ1v) is 6.79. The molecule has 2 aromatic heterocycles. The molecular weight excluding hydrogens is 248 g/mol. The molecule has 0 bridgehead atoms. The molecule has 5 nitrogen and oxygen atoms in total. The summed E-state index contributed by atoms with van der Waals surface area (Å²) in [5.41, 5.74) is 6.00. The summed E-state index contributed by atoms with van der Waals surface area (Å²) in [5, 5.41) is 8.54. The molecule has 1 aliphatic heterocycles. The van der Waals surface area contributed by atoms with E-state index < -0.39 is 0 Å². The third-order valence-electron chi connectivity index (χ3n) is 3.21. The van der Waals surface area contributed by atoms with Crippen molar-refractivity contribution in [2.75, 3.05) is 12.3 Å². The Kier molecular flexibility index (Phi) is 2.79. The van der Waals surface area contributed by atoms with Crippen LogP contribution in [0.3, 0.4) is 0 Å². The summed E-state index contributed by atoms with van der Waals surface area (Å²) < 4.78 is 0. The number of hydrogen-bond donors (Lipinski definition) is 2. The number of rotatable bonds is 2. The van der Waals surface area contributed by atoms with Gasteiger partial charge in [0.2, 0.25) is 0 Å². The van der Waals surface area contributed by atoms with Crippen molar-refractivity contribution >= 4 is 23.1 Å². The van der Waals surface area contributed by atoms with E-state index in [0.29, 0.717) is 11.5 Å². The van der Waals surface area contributed by atoms with Crippen molar-refractivity contribution in [3.63, 3.8) is 0 Å². The van der Waals surface area contributed by atoms with Gasteiger partial charge in [-0.25, -0.2) is 0 Å². The normalized spacial score (nSPS) is 19.3. The number of carbonyl (C=O) groups is 1. The fourth-order valence-electron chi connectivity index (χ4n) is 2.39. The molecule has 0 aromatic carbocycles. The highest BCUT2D eigenvalue weighted by Gasteiger charge is 2.31. The molecule has 0 aliphatic carbocycles. The number of aromatic amines is 1. The second-order valence-corrected chi connectivity index (χ2v) is 5.36. The lowest BCUT2D eigenvalue weighted by atomic mass is 10.2. The molecule has 0 radical (unpaired) electrons. The van der Waals surface area contributed by atoms with E-state index in [-0.39, 0.29) is 11.9 Å². The summed E-state index contributed by atoms with van der Waals surface area (Å²) in [6.07, 6.45) is 2.06. The summed E-state index contributed by atoms with van der Waals surface area (Å²) in [5.74, 6) is 0.334. The molecule has 1 atom stereocenters. The van der Waals surface area contributed by atoms with E-state index in [9.17, 15) is 4.79 Å². The molecule has 3 N–H and O–H groups in total. The van der Waals surface area contributed by atoms with Crippen molar-refractivity contribution in [2.45, 2.75) is 18.9 Å². The Morgan fingerprint density at radius 2 is 2.50 bits per heavy atom. The van der Waals surface area contributed by atoms with Crippen LogP contribution in [0.25, 0.3) is 0 Å². The number of carbonyl (C=O) groups excluding carboxylic acids is 1. The third-order valence-corrected chi connectivity index (χ3v) is 4.19. The lowest BCUT2D eigenvalue weighted by Gasteiger charge is -2.23. The molecule has 1 unspecified atom stereocenters. The lowest BCUT2D eigenvalue weighted by molar-refractivity contribution is 0.0732. The quantitative estimate of drug-likeness (QED) is 0.869. The molecule has 1 amide bonds. The van der Waals surface area contributed by atoms with Crippen molar-refractivity contribution in [3.8, 4) is 0 Å². The fraction of sp³-hybridized carbons (Fsp3) is 0.333. The van der Waals surface area contributed by atoms with Gasteiger partial charge < -0.3 is 10.6 Å². The molecule has 2 aromatic rings. The van der Waals surface area contributed by atoms with Crippen molar-refractivity contribution in [1.82, 2.24) is 15.1 Å². The number of nitrogens with zero attached hydrogens (tertiary/aromatic N) is 2. The summed E-state index contributed by atoms with van der Waals surface area (Å²) in [6, 6.07) is 5.89. The van der Waals surface area contributed by atoms with E-state index >= 15 is 0 Å². The molecule has 94 valence electrons. The number of thiophene rings is 1. The Bertz CT molecular complexity index is 548. The second-order valence-electron chi connectivity index (χ2n) is 4.38. The van der Waals surface area contributed by atoms with Crippen LogP contribution in [0.2, 0.25) is 0 Å². The van der Waals surface area contributed by atoms with E-state index in [0.717, 1.165) is 19.4 Å². The highest BCUT2D eigenvalue weighted by atomic mass is 32.1. The van der Waals surface area contributed by atoms with Gasteiger partial charge in [-0.1, -0.05) is 6.07 Å². The summed E-state index contributed by atoms with van der Waals surface area (Å²) >= 11 is 1.70. The fourth-order valence-corrected chi connectivity index (χ4v) is 3.26. The number of nitrogens with one attached hydrogen (secondary N) is 1. The average Bonchev–Trinajstić information content (AvgIpc) is 3.08. The maximum atomic E-state index is 12.4. The van der Waals surface area contributed by atoms with Gasteiger partial charge in [0.25, 0.3) is 5.91 Å². The van der Waals surface area contributed by atoms with E-state index in [4.69, 9.17) is 5.73 Å². The van der Waals surface area contributed by atoms with Crippen LogP contribution in [0.4, 0.5) is 5.82 Å². The Morgan fingerprint density at radius 3 is 3.17 bits per heavy atom. The van der Waals surface area contributed by atoms with Gasteiger partial charge in [-0.15, -0.1) is 11.3 Å². The highest BCUT2D eigenvalue weighted by Crippen LogP contribution is 2.35. The number of amides is 1. The molecule has 3 heterocycles. The van der Waals surface area contributed by atoms with E-state index in [1.807, 2.05) is 16.3 Å². The molecule has 0 spiro atoms. The van der Waals surface area contributed by atoms with Crippen LogP contribution >= 0.6 is 11.3 Å². The zero-order valence-corrected chi connectivity index (χ0v) is 10.6. The molecule has 3 rings (SSSR count). The first kappa shape index (κ1) is 11.3. The minimum Gasteiger partial charge on any atom is -0.382 e. The minimum absolute atomic E-state index is 0.0184. The smallest absolute Gasteiger partial charge is 0.272 e. The summed E-state index contributed by atoms with van der Waals surface area (Å²) in [4.78, 5) is 15.5. The average molecular weight is 262 g/mol. The first-order valence-electron chi connectivity index (χ1n) is 5.91. The van der Waals surface area contributed by atoms with E-state index in [1.165, 1.54) is 4.88 Å². The number of nitrogens with two attached hydrogens (primary N) is 1. The van der Waals surface area contributed by atoms with Crippen LogP contribution in [0.5, 0.6) is 0 Å². The molecule has 18 heavy (non-hydrogen) atoms. The monoisotopic (exact) mass is 262 g/mol. The maximum Gasteiger partial charge on any atom is 0.272 e. The van der Waals surface area contributed by atoms with Crippen LogP contribution in [0.1, 0.15) is 34.2 Å². The minimum atomic E-state index is -0.0184. The largest absolute Gasteiger partial charge is 0.382 e. The highest BCUT2D eigenvalue weighted by molar-refractivity contribution is 7.10. The Hall–Kier alpha value is -1.82. The molecule has 0 saturated carbocycles.